The number of hydrogen-bond acceptors (Lipinski definition) is 3. The third kappa shape index (κ3) is 7.26. The zero-order chi connectivity index (χ0) is 21.3. The molecular weight excluding hydrogens is 439 g/mol. The van der Waals surface area contributed by atoms with Crippen molar-refractivity contribution < 1.29 is 9.59 Å². The normalized spacial score (nSPS) is 10.7. The maximum absolute atomic E-state index is 12.1. The minimum absolute atomic E-state index is 0.165. The Balaban J connectivity index is 1.47. The maximum Gasteiger partial charge on any atom is 0.248 e. The van der Waals surface area contributed by atoms with Gasteiger partial charge in [0.05, 0.1) is 5.75 Å². The maximum atomic E-state index is 12.1. The SMILES string of the molecule is O=C(/C=C/c1ccccc1)Nc1ccc(SCC(=O)Nc2cc(Cl)cc(Cl)c2)cc1. The predicted octanol–water partition coefficient (Wildman–Crippen LogP) is 6.38. The molecule has 0 aliphatic rings. The molecule has 3 aromatic rings. The Morgan fingerprint density at radius 1 is 0.833 bits per heavy atom. The van der Waals surface area contributed by atoms with E-state index in [0.29, 0.717) is 21.4 Å². The van der Waals surface area contributed by atoms with E-state index >= 15 is 0 Å². The Bertz CT molecular complexity index is 1030. The van der Waals surface area contributed by atoms with E-state index in [1.807, 2.05) is 42.5 Å². The van der Waals surface area contributed by atoms with Crippen molar-refractivity contribution in [2.45, 2.75) is 4.90 Å². The third-order valence-electron chi connectivity index (χ3n) is 3.86. The quantitative estimate of drug-likeness (QED) is 0.320. The van der Waals surface area contributed by atoms with Crippen molar-refractivity contribution >= 4 is 64.2 Å². The number of anilines is 2. The van der Waals surface area contributed by atoms with Crippen molar-refractivity contribution in [3.63, 3.8) is 0 Å². The molecule has 0 radical (unpaired) electrons. The molecule has 0 bridgehead atoms. The highest BCUT2D eigenvalue weighted by Crippen LogP contribution is 2.24. The molecule has 0 unspecified atom stereocenters. The summed E-state index contributed by atoms with van der Waals surface area (Å²) >= 11 is 13.3. The van der Waals surface area contributed by atoms with Crippen molar-refractivity contribution in [3.05, 3.63) is 94.5 Å². The van der Waals surface area contributed by atoms with Crippen LogP contribution in [0, 0.1) is 0 Å². The van der Waals surface area contributed by atoms with Crippen molar-refractivity contribution in [1.29, 1.82) is 0 Å². The van der Waals surface area contributed by atoms with E-state index in [9.17, 15) is 9.59 Å². The van der Waals surface area contributed by atoms with Crippen LogP contribution in [0.5, 0.6) is 0 Å². The summed E-state index contributed by atoms with van der Waals surface area (Å²) in [5.74, 6) is -0.143. The number of benzene rings is 3. The molecule has 7 heteroatoms. The van der Waals surface area contributed by atoms with E-state index < -0.39 is 0 Å². The second kappa shape index (κ2) is 10.9. The van der Waals surface area contributed by atoms with Gasteiger partial charge in [-0.1, -0.05) is 53.5 Å². The molecule has 0 aliphatic heterocycles. The number of hydrogen-bond donors (Lipinski definition) is 2. The fourth-order valence-electron chi connectivity index (χ4n) is 2.53. The van der Waals surface area contributed by atoms with E-state index in [-0.39, 0.29) is 17.6 Å². The van der Waals surface area contributed by atoms with E-state index in [1.54, 1.807) is 36.4 Å². The van der Waals surface area contributed by atoms with Crippen LogP contribution in [0.15, 0.2) is 83.8 Å². The smallest absolute Gasteiger partial charge is 0.248 e. The Kier molecular flexibility index (Phi) is 7.97. The van der Waals surface area contributed by atoms with Crippen LogP contribution in [0.3, 0.4) is 0 Å². The van der Waals surface area contributed by atoms with Crippen LogP contribution in [-0.2, 0) is 9.59 Å². The molecule has 0 saturated heterocycles. The van der Waals surface area contributed by atoms with Gasteiger partial charge in [-0.05, 0) is 54.1 Å². The lowest BCUT2D eigenvalue weighted by Crippen LogP contribution is -2.13. The first kappa shape index (κ1) is 22.0. The average Bonchev–Trinajstić information content (AvgIpc) is 2.72. The van der Waals surface area contributed by atoms with Crippen molar-refractivity contribution in [2.24, 2.45) is 0 Å². The Morgan fingerprint density at radius 3 is 2.17 bits per heavy atom. The molecule has 2 N–H and O–H groups in total. The van der Waals surface area contributed by atoms with Crippen LogP contribution in [0.2, 0.25) is 10.0 Å². The molecule has 2 amide bonds. The fourth-order valence-corrected chi connectivity index (χ4v) is 3.75. The van der Waals surface area contributed by atoms with Crippen LogP contribution in [0.1, 0.15) is 5.56 Å². The third-order valence-corrected chi connectivity index (χ3v) is 5.31. The number of halogens is 2. The number of rotatable bonds is 7. The lowest BCUT2D eigenvalue weighted by molar-refractivity contribution is -0.114. The van der Waals surface area contributed by atoms with Gasteiger partial charge in [0.1, 0.15) is 0 Å². The van der Waals surface area contributed by atoms with Gasteiger partial charge in [-0.25, -0.2) is 0 Å². The van der Waals surface area contributed by atoms with E-state index in [1.165, 1.54) is 17.8 Å². The number of nitrogens with one attached hydrogen (secondary N) is 2. The number of amides is 2. The summed E-state index contributed by atoms with van der Waals surface area (Å²) in [5.41, 5.74) is 2.19. The van der Waals surface area contributed by atoms with Gasteiger partial charge in [0.2, 0.25) is 11.8 Å². The highest BCUT2D eigenvalue weighted by atomic mass is 35.5. The topological polar surface area (TPSA) is 58.2 Å². The van der Waals surface area contributed by atoms with Gasteiger partial charge in [0, 0.05) is 32.4 Å². The summed E-state index contributed by atoms with van der Waals surface area (Å²) in [4.78, 5) is 25.1. The van der Waals surface area contributed by atoms with Crippen LogP contribution >= 0.6 is 35.0 Å². The van der Waals surface area contributed by atoms with E-state index in [2.05, 4.69) is 10.6 Å². The number of thioether (sulfide) groups is 1. The van der Waals surface area contributed by atoms with E-state index in [4.69, 9.17) is 23.2 Å². The molecule has 30 heavy (non-hydrogen) atoms. The summed E-state index contributed by atoms with van der Waals surface area (Å²) in [5, 5.41) is 6.49. The summed E-state index contributed by atoms with van der Waals surface area (Å²) in [6.45, 7) is 0. The first-order chi connectivity index (χ1) is 14.5. The molecule has 0 spiro atoms. The van der Waals surface area contributed by atoms with Crippen molar-refractivity contribution in [2.75, 3.05) is 16.4 Å². The predicted molar refractivity (Wildman–Crippen MR) is 126 cm³/mol. The molecule has 3 aromatic carbocycles. The summed E-state index contributed by atoms with van der Waals surface area (Å²) < 4.78 is 0. The van der Waals surface area contributed by atoms with Gasteiger partial charge >= 0.3 is 0 Å². The van der Waals surface area contributed by atoms with Gasteiger partial charge < -0.3 is 10.6 Å². The highest BCUT2D eigenvalue weighted by molar-refractivity contribution is 8.00. The zero-order valence-corrected chi connectivity index (χ0v) is 18.1. The summed E-state index contributed by atoms with van der Waals surface area (Å²) in [6, 6.07) is 21.8. The van der Waals surface area contributed by atoms with Crippen LogP contribution in [0.4, 0.5) is 11.4 Å². The minimum atomic E-state index is -0.209. The molecule has 0 fully saturated rings. The fraction of sp³-hybridized carbons (Fsp3) is 0.0435. The molecule has 4 nitrogen and oxygen atoms in total. The Morgan fingerprint density at radius 2 is 1.50 bits per heavy atom. The molecule has 152 valence electrons. The largest absolute Gasteiger partial charge is 0.325 e. The molecule has 0 saturated carbocycles. The monoisotopic (exact) mass is 456 g/mol. The lowest BCUT2D eigenvalue weighted by atomic mass is 10.2. The molecule has 3 rings (SSSR count). The zero-order valence-electron chi connectivity index (χ0n) is 15.8. The summed E-state index contributed by atoms with van der Waals surface area (Å²) in [6.07, 6.45) is 3.25. The molecule has 0 atom stereocenters. The van der Waals surface area contributed by atoms with Crippen LogP contribution < -0.4 is 10.6 Å². The molecular formula is C23H18Cl2N2O2S. The molecule has 0 aliphatic carbocycles. The standard InChI is InChI=1S/C23H18Cl2N2O2S/c24-17-12-18(25)14-20(13-17)27-23(29)15-30-21-9-7-19(8-10-21)26-22(28)11-6-16-4-2-1-3-5-16/h1-14H,15H2,(H,26,28)(H,27,29)/b11-6+. The van der Waals surface area contributed by atoms with Crippen LogP contribution in [-0.4, -0.2) is 17.6 Å². The van der Waals surface area contributed by atoms with Gasteiger partial charge in [0.15, 0.2) is 0 Å². The van der Waals surface area contributed by atoms with E-state index in [0.717, 1.165) is 10.5 Å². The van der Waals surface area contributed by atoms with Gasteiger partial charge in [0.25, 0.3) is 0 Å². The van der Waals surface area contributed by atoms with Gasteiger partial charge in [-0.15, -0.1) is 11.8 Å². The minimum Gasteiger partial charge on any atom is -0.325 e. The van der Waals surface area contributed by atoms with Gasteiger partial charge in [-0.3, -0.25) is 9.59 Å². The van der Waals surface area contributed by atoms with Crippen molar-refractivity contribution in [3.8, 4) is 0 Å². The Labute approximate surface area is 189 Å². The number of carbonyl (C=O) groups excluding carboxylic acids is 2. The highest BCUT2D eigenvalue weighted by Gasteiger charge is 2.06. The molecule has 0 heterocycles. The first-order valence-corrected chi connectivity index (χ1v) is 10.7. The molecule has 0 aromatic heterocycles. The van der Waals surface area contributed by atoms with Gasteiger partial charge in [-0.2, -0.15) is 0 Å². The average molecular weight is 457 g/mol. The number of carbonyl (C=O) groups is 2. The van der Waals surface area contributed by atoms with Crippen LogP contribution in [0.25, 0.3) is 6.08 Å². The Hall–Kier alpha value is -2.73. The lowest BCUT2D eigenvalue weighted by Gasteiger charge is -2.07. The second-order valence-corrected chi connectivity index (χ2v) is 8.17. The first-order valence-electron chi connectivity index (χ1n) is 9.01. The second-order valence-electron chi connectivity index (χ2n) is 6.25. The van der Waals surface area contributed by atoms with Crippen molar-refractivity contribution in [1.82, 2.24) is 0 Å². The summed E-state index contributed by atoms with van der Waals surface area (Å²) in [7, 11) is 0.